The Morgan fingerprint density at radius 2 is 1.92 bits per heavy atom. The summed E-state index contributed by atoms with van der Waals surface area (Å²) in [5.74, 6) is 0.166. The van der Waals surface area contributed by atoms with Crippen LogP contribution in [-0.4, -0.2) is 12.2 Å². The minimum Gasteiger partial charge on any atom is -0.300 e. The molecule has 0 aromatic rings. The molecule has 12 heavy (non-hydrogen) atoms. The van der Waals surface area contributed by atoms with E-state index in [9.17, 15) is 4.79 Å². The second kappa shape index (κ2) is 8.91. The summed E-state index contributed by atoms with van der Waals surface area (Å²) in [6.07, 6.45) is 8.60. The van der Waals surface area contributed by atoms with Crippen LogP contribution in [0, 0.1) is 0 Å². The fourth-order valence-electron chi connectivity index (χ4n) is 1.05. The van der Waals surface area contributed by atoms with E-state index >= 15 is 0 Å². The molecule has 0 aliphatic rings. The Bertz CT molecular complexity index is 117. The number of amides is 1. The molecule has 0 heterocycles. The fraction of sp³-hybridized carbons (Fsp3) is 0.889. The molecule has 72 valence electrons. The fourth-order valence-corrected chi connectivity index (χ4v) is 1.38. The molecule has 0 fully saturated rings. The van der Waals surface area contributed by atoms with E-state index in [2.05, 4.69) is 11.6 Å². The number of carbonyl (C=O) groups excluding carboxylic acids is 1. The van der Waals surface area contributed by atoms with Gasteiger partial charge >= 0.3 is 0 Å². The zero-order chi connectivity index (χ0) is 9.23. The molecule has 0 rings (SSSR count). The van der Waals surface area contributed by atoms with Crippen molar-refractivity contribution in [3.8, 4) is 0 Å². The summed E-state index contributed by atoms with van der Waals surface area (Å²) in [4.78, 5) is 10.9. The van der Waals surface area contributed by atoms with Crippen molar-refractivity contribution in [1.29, 1.82) is 0 Å². The topological polar surface area (TPSA) is 29.1 Å². The van der Waals surface area contributed by atoms with Crippen LogP contribution in [0.5, 0.6) is 0 Å². The predicted octanol–water partition coefficient (Wildman–Crippen LogP) is 2.74. The Morgan fingerprint density at radius 3 is 2.50 bits per heavy atom. The van der Waals surface area contributed by atoms with Gasteiger partial charge in [-0.15, -0.1) is 0 Å². The van der Waals surface area contributed by atoms with E-state index < -0.39 is 0 Å². The molecule has 0 radical (unpaired) electrons. The minimum absolute atomic E-state index is 0.166. The van der Waals surface area contributed by atoms with E-state index in [0.29, 0.717) is 6.42 Å². The average Bonchev–Trinajstić information content (AvgIpc) is 2.05. The first-order valence-corrected chi connectivity index (χ1v) is 5.85. The van der Waals surface area contributed by atoms with Crippen molar-refractivity contribution in [3.63, 3.8) is 0 Å². The van der Waals surface area contributed by atoms with Crippen molar-refractivity contribution in [3.05, 3.63) is 0 Å². The molecule has 2 nitrogen and oxygen atoms in total. The van der Waals surface area contributed by atoms with E-state index in [0.717, 1.165) is 6.42 Å². The van der Waals surface area contributed by atoms with Crippen molar-refractivity contribution < 1.29 is 4.79 Å². The van der Waals surface area contributed by atoms with E-state index in [-0.39, 0.29) is 5.91 Å². The number of nitrogens with one attached hydrogen (secondary N) is 1. The van der Waals surface area contributed by atoms with Crippen molar-refractivity contribution in [2.24, 2.45) is 0 Å². The summed E-state index contributed by atoms with van der Waals surface area (Å²) < 4.78 is 2.71. The predicted molar refractivity (Wildman–Crippen MR) is 55.0 cm³/mol. The van der Waals surface area contributed by atoms with Gasteiger partial charge < -0.3 is 4.72 Å². The van der Waals surface area contributed by atoms with Crippen molar-refractivity contribution in [2.45, 2.75) is 45.4 Å². The van der Waals surface area contributed by atoms with Gasteiger partial charge in [-0.1, -0.05) is 44.6 Å². The molecule has 1 N–H and O–H groups in total. The van der Waals surface area contributed by atoms with Gasteiger partial charge in [0.15, 0.2) is 0 Å². The largest absolute Gasteiger partial charge is 0.300 e. The monoisotopic (exact) mass is 189 g/mol. The quantitative estimate of drug-likeness (QED) is 0.493. The van der Waals surface area contributed by atoms with Crippen molar-refractivity contribution in [1.82, 2.24) is 4.72 Å². The number of hydrogen-bond acceptors (Lipinski definition) is 2. The first-order chi connectivity index (χ1) is 5.81. The molecule has 0 aromatic carbocycles. The smallest absolute Gasteiger partial charge is 0.229 e. The van der Waals surface area contributed by atoms with E-state index in [1.165, 1.54) is 37.6 Å². The van der Waals surface area contributed by atoms with Gasteiger partial charge in [-0.05, 0) is 6.42 Å². The van der Waals surface area contributed by atoms with Crippen molar-refractivity contribution >= 4 is 17.9 Å². The Labute approximate surface area is 79.6 Å². The molecule has 3 heteroatoms. The normalized spacial score (nSPS) is 9.83. The highest BCUT2D eigenvalue weighted by atomic mass is 32.2. The molecule has 0 aliphatic heterocycles. The minimum atomic E-state index is 0.166. The average molecular weight is 189 g/mol. The second-order valence-corrected chi connectivity index (χ2v) is 3.51. The highest BCUT2D eigenvalue weighted by molar-refractivity contribution is 7.97. The number of hydrogen-bond donors (Lipinski definition) is 1. The zero-order valence-electron chi connectivity index (χ0n) is 8.06. The Hall–Kier alpha value is -0.180. The van der Waals surface area contributed by atoms with Gasteiger partial charge in [0.2, 0.25) is 5.91 Å². The zero-order valence-corrected chi connectivity index (χ0v) is 8.88. The molecular weight excluding hydrogens is 170 g/mol. The Kier molecular flexibility index (Phi) is 8.78. The van der Waals surface area contributed by atoms with Crippen LogP contribution in [0.1, 0.15) is 45.4 Å². The Morgan fingerprint density at radius 1 is 1.25 bits per heavy atom. The Balaban J connectivity index is 3.03. The highest BCUT2D eigenvalue weighted by Crippen LogP contribution is 2.04. The molecule has 0 saturated heterocycles. The summed E-state index contributed by atoms with van der Waals surface area (Å²) in [7, 11) is 0. The molecule has 0 atom stereocenters. The summed E-state index contributed by atoms with van der Waals surface area (Å²) in [5.41, 5.74) is 0. The summed E-state index contributed by atoms with van der Waals surface area (Å²) in [5, 5.41) is 0. The van der Waals surface area contributed by atoms with Gasteiger partial charge in [-0.3, -0.25) is 4.79 Å². The van der Waals surface area contributed by atoms with Crippen molar-refractivity contribution in [2.75, 3.05) is 6.26 Å². The van der Waals surface area contributed by atoms with Gasteiger partial charge in [0.1, 0.15) is 0 Å². The number of rotatable bonds is 7. The lowest BCUT2D eigenvalue weighted by Crippen LogP contribution is -2.14. The third kappa shape index (κ3) is 7.92. The first-order valence-electron chi connectivity index (χ1n) is 4.63. The molecule has 0 saturated carbocycles. The second-order valence-electron chi connectivity index (χ2n) is 2.89. The lowest BCUT2D eigenvalue weighted by molar-refractivity contribution is -0.119. The highest BCUT2D eigenvalue weighted by Gasteiger charge is 1.98. The van der Waals surface area contributed by atoms with Crippen LogP contribution in [0.3, 0.4) is 0 Å². The lowest BCUT2D eigenvalue weighted by Gasteiger charge is -2.00. The van der Waals surface area contributed by atoms with Gasteiger partial charge in [0, 0.05) is 12.7 Å². The molecular formula is C9H19NOS. The maximum atomic E-state index is 10.9. The number of carbonyl (C=O) groups is 1. The van der Waals surface area contributed by atoms with E-state index in [1.54, 1.807) is 0 Å². The molecule has 0 aliphatic carbocycles. The first kappa shape index (κ1) is 11.8. The molecule has 1 amide bonds. The summed E-state index contributed by atoms with van der Waals surface area (Å²) in [6, 6.07) is 0. The van der Waals surface area contributed by atoms with Crippen LogP contribution in [0.25, 0.3) is 0 Å². The van der Waals surface area contributed by atoms with Crippen LogP contribution >= 0.6 is 11.9 Å². The van der Waals surface area contributed by atoms with Gasteiger partial charge in [-0.2, -0.15) is 0 Å². The van der Waals surface area contributed by atoms with Crippen LogP contribution in [0.15, 0.2) is 0 Å². The van der Waals surface area contributed by atoms with Crippen LogP contribution in [0.4, 0.5) is 0 Å². The SMILES string of the molecule is CCCCCCCC(=O)NSC. The maximum Gasteiger partial charge on any atom is 0.229 e. The van der Waals surface area contributed by atoms with E-state index in [4.69, 9.17) is 0 Å². The van der Waals surface area contributed by atoms with E-state index in [1.807, 2.05) is 6.26 Å². The number of unbranched alkanes of at least 4 members (excludes halogenated alkanes) is 4. The van der Waals surface area contributed by atoms with Gasteiger partial charge in [0.05, 0.1) is 0 Å². The summed E-state index contributed by atoms with van der Waals surface area (Å²) >= 11 is 1.38. The van der Waals surface area contributed by atoms with Crippen LogP contribution < -0.4 is 4.72 Å². The molecule has 0 spiro atoms. The third-order valence-corrected chi connectivity index (χ3v) is 2.16. The molecule has 0 aromatic heterocycles. The standard InChI is InChI=1S/C9H19NOS/c1-3-4-5-6-7-8-9(11)10-12-2/h3-8H2,1-2H3,(H,10,11). The third-order valence-electron chi connectivity index (χ3n) is 1.72. The maximum absolute atomic E-state index is 10.9. The van der Waals surface area contributed by atoms with Gasteiger partial charge in [0.25, 0.3) is 0 Å². The van der Waals surface area contributed by atoms with Crippen LogP contribution in [-0.2, 0) is 4.79 Å². The molecule has 0 bridgehead atoms. The lowest BCUT2D eigenvalue weighted by atomic mass is 10.1. The van der Waals surface area contributed by atoms with Gasteiger partial charge in [-0.25, -0.2) is 0 Å². The van der Waals surface area contributed by atoms with Crippen LogP contribution in [0.2, 0.25) is 0 Å². The summed E-state index contributed by atoms with van der Waals surface area (Å²) in [6.45, 7) is 2.19. The molecule has 0 unspecified atom stereocenters.